The normalized spacial score (nSPS) is 22.1. The van der Waals surface area contributed by atoms with Gasteiger partial charge in [0.2, 0.25) is 10.0 Å². The van der Waals surface area contributed by atoms with Crippen LogP contribution in [-0.4, -0.2) is 25.2 Å². The summed E-state index contributed by atoms with van der Waals surface area (Å²) in [5.74, 6) is 0.756. The minimum absolute atomic E-state index is 0.276. The van der Waals surface area contributed by atoms with E-state index in [4.69, 9.17) is 0 Å². The molecule has 0 bridgehead atoms. The van der Waals surface area contributed by atoms with Gasteiger partial charge in [0.25, 0.3) is 0 Å². The summed E-state index contributed by atoms with van der Waals surface area (Å²) in [5.41, 5.74) is 1.42. The number of aryl methyl sites for hydroxylation is 2. The van der Waals surface area contributed by atoms with Gasteiger partial charge >= 0.3 is 0 Å². The molecule has 0 spiro atoms. The molecule has 1 aromatic heterocycles. The van der Waals surface area contributed by atoms with Crippen molar-refractivity contribution in [3.63, 3.8) is 0 Å². The Morgan fingerprint density at radius 3 is 2.50 bits per heavy atom. The number of aromatic nitrogens is 2. The Balaban J connectivity index is 1.75. The number of hydrogen-bond donors (Lipinski definition) is 2. The Hall–Kier alpha value is -0.880. The van der Waals surface area contributed by atoms with E-state index in [2.05, 4.69) is 14.9 Å². The van der Waals surface area contributed by atoms with E-state index in [1.165, 1.54) is 25.7 Å². The average molecular weight is 269 g/mol. The van der Waals surface area contributed by atoms with E-state index < -0.39 is 10.0 Å². The highest BCUT2D eigenvalue weighted by Crippen LogP contribution is 2.60. The van der Waals surface area contributed by atoms with Gasteiger partial charge in [-0.1, -0.05) is 0 Å². The molecule has 0 saturated heterocycles. The average Bonchev–Trinajstić information content (AvgIpc) is 3.16. The summed E-state index contributed by atoms with van der Waals surface area (Å²) in [4.78, 5) is 0.314. The first-order valence-electron chi connectivity index (χ1n) is 6.46. The fourth-order valence-corrected chi connectivity index (χ4v) is 4.34. The second kappa shape index (κ2) is 3.81. The lowest BCUT2D eigenvalue weighted by molar-refractivity contribution is 0.431. The number of H-pyrrole nitrogens is 1. The van der Waals surface area contributed by atoms with Crippen LogP contribution in [0.25, 0.3) is 0 Å². The predicted molar refractivity (Wildman–Crippen MR) is 67.6 cm³/mol. The molecule has 1 aromatic rings. The van der Waals surface area contributed by atoms with Crippen LogP contribution in [-0.2, 0) is 10.0 Å². The molecule has 1 heterocycles. The molecule has 2 N–H and O–H groups in total. The molecule has 0 atom stereocenters. The summed E-state index contributed by atoms with van der Waals surface area (Å²) < 4.78 is 27.3. The van der Waals surface area contributed by atoms with Crippen molar-refractivity contribution in [1.82, 2.24) is 14.9 Å². The maximum absolute atomic E-state index is 12.3. The molecule has 0 unspecified atom stereocenters. The molecule has 2 fully saturated rings. The van der Waals surface area contributed by atoms with Gasteiger partial charge in [0.15, 0.2) is 0 Å². The monoisotopic (exact) mass is 269 g/mol. The lowest BCUT2D eigenvalue weighted by Gasteiger charge is -2.15. The van der Waals surface area contributed by atoms with E-state index in [9.17, 15) is 8.42 Å². The molecule has 5 nitrogen and oxygen atoms in total. The van der Waals surface area contributed by atoms with E-state index in [0.717, 1.165) is 5.92 Å². The standard InChI is InChI=1S/C12H19N3O2S/c1-8-11(9(2)15-14-8)18(16,17)13-7-12(5-6-12)10-3-4-10/h10,13H,3-7H2,1-2H3,(H,14,15). The SMILES string of the molecule is Cc1n[nH]c(C)c1S(=O)(=O)NCC1(C2CC2)CC1. The molecule has 0 radical (unpaired) electrons. The Bertz CT molecular complexity index is 549. The van der Waals surface area contributed by atoms with Crippen molar-refractivity contribution in [3.05, 3.63) is 11.4 Å². The number of rotatable bonds is 5. The molecular weight excluding hydrogens is 250 g/mol. The number of nitrogens with one attached hydrogen (secondary N) is 2. The Morgan fingerprint density at radius 2 is 2.06 bits per heavy atom. The van der Waals surface area contributed by atoms with Crippen molar-refractivity contribution in [3.8, 4) is 0 Å². The summed E-state index contributed by atoms with van der Waals surface area (Å²) in [6.45, 7) is 4.04. The highest BCUT2D eigenvalue weighted by atomic mass is 32.2. The van der Waals surface area contributed by atoms with Crippen LogP contribution in [0.2, 0.25) is 0 Å². The molecule has 2 aliphatic carbocycles. The Labute approximate surface area is 107 Å². The molecular formula is C12H19N3O2S. The molecule has 0 aliphatic heterocycles. The van der Waals surface area contributed by atoms with Crippen molar-refractivity contribution < 1.29 is 8.42 Å². The van der Waals surface area contributed by atoms with Gasteiger partial charge in [-0.3, -0.25) is 5.10 Å². The minimum atomic E-state index is -3.42. The van der Waals surface area contributed by atoms with Gasteiger partial charge in [0, 0.05) is 6.54 Å². The van der Waals surface area contributed by atoms with Gasteiger partial charge in [-0.05, 0) is 50.9 Å². The largest absolute Gasteiger partial charge is 0.281 e. The fraction of sp³-hybridized carbons (Fsp3) is 0.750. The van der Waals surface area contributed by atoms with Crippen LogP contribution < -0.4 is 4.72 Å². The van der Waals surface area contributed by atoms with Crippen LogP contribution in [0.3, 0.4) is 0 Å². The zero-order chi connectivity index (χ0) is 13.0. The van der Waals surface area contributed by atoms with Crippen LogP contribution in [0, 0.1) is 25.2 Å². The van der Waals surface area contributed by atoms with Gasteiger partial charge in [-0.25, -0.2) is 13.1 Å². The molecule has 0 aromatic carbocycles. The summed E-state index contributed by atoms with van der Waals surface area (Å²) in [7, 11) is -3.42. The summed E-state index contributed by atoms with van der Waals surface area (Å²) in [6, 6.07) is 0. The first-order valence-corrected chi connectivity index (χ1v) is 7.94. The topological polar surface area (TPSA) is 74.8 Å². The van der Waals surface area contributed by atoms with Crippen LogP contribution in [0.15, 0.2) is 4.90 Å². The van der Waals surface area contributed by atoms with Gasteiger partial charge in [0.1, 0.15) is 4.90 Å². The third-order valence-electron chi connectivity index (χ3n) is 4.28. The van der Waals surface area contributed by atoms with Crippen molar-refractivity contribution in [2.24, 2.45) is 11.3 Å². The highest BCUT2D eigenvalue weighted by Gasteiger charge is 2.53. The maximum Gasteiger partial charge on any atom is 0.244 e. The van der Waals surface area contributed by atoms with Crippen molar-refractivity contribution in [2.45, 2.75) is 44.4 Å². The van der Waals surface area contributed by atoms with E-state index in [1.807, 2.05) is 0 Å². The third-order valence-corrected chi connectivity index (χ3v) is 5.94. The number of hydrogen-bond acceptors (Lipinski definition) is 3. The second-order valence-electron chi connectivity index (χ2n) is 5.72. The van der Waals surface area contributed by atoms with Crippen LogP contribution in [0.1, 0.15) is 37.1 Å². The van der Waals surface area contributed by atoms with E-state index in [0.29, 0.717) is 22.8 Å². The second-order valence-corrected chi connectivity index (χ2v) is 7.43. The number of sulfonamides is 1. The third kappa shape index (κ3) is 1.97. The fourth-order valence-electron chi connectivity index (χ4n) is 2.83. The van der Waals surface area contributed by atoms with Gasteiger partial charge in [-0.15, -0.1) is 0 Å². The van der Waals surface area contributed by atoms with Gasteiger partial charge < -0.3 is 0 Å². The molecule has 6 heteroatoms. The zero-order valence-corrected chi connectivity index (χ0v) is 11.6. The predicted octanol–water partition coefficient (Wildman–Crippen LogP) is 1.50. The maximum atomic E-state index is 12.3. The summed E-state index contributed by atoms with van der Waals surface area (Å²) in [5, 5.41) is 6.67. The molecule has 0 amide bonds. The number of aromatic amines is 1. The van der Waals surface area contributed by atoms with Crippen LogP contribution >= 0.6 is 0 Å². The smallest absolute Gasteiger partial charge is 0.244 e. The molecule has 3 rings (SSSR count). The zero-order valence-electron chi connectivity index (χ0n) is 10.8. The van der Waals surface area contributed by atoms with Crippen molar-refractivity contribution in [1.29, 1.82) is 0 Å². The molecule has 100 valence electrons. The lowest BCUT2D eigenvalue weighted by Crippen LogP contribution is -2.31. The highest BCUT2D eigenvalue weighted by molar-refractivity contribution is 7.89. The first-order chi connectivity index (χ1) is 8.45. The van der Waals surface area contributed by atoms with Crippen LogP contribution in [0.4, 0.5) is 0 Å². The van der Waals surface area contributed by atoms with Crippen molar-refractivity contribution in [2.75, 3.05) is 6.54 Å². The Morgan fingerprint density at radius 1 is 1.39 bits per heavy atom. The van der Waals surface area contributed by atoms with Gasteiger partial charge in [0.05, 0.1) is 11.4 Å². The van der Waals surface area contributed by atoms with Crippen molar-refractivity contribution >= 4 is 10.0 Å². The lowest BCUT2D eigenvalue weighted by atomic mass is 10.0. The first kappa shape index (κ1) is 12.2. The summed E-state index contributed by atoms with van der Waals surface area (Å²) in [6.07, 6.45) is 4.88. The van der Waals surface area contributed by atoms with E-state index in [-0.39, 0.29) is 5.41 Å². The quantitative estimate of drug-likeness (QED) is 0.850. The van der Waals surface area contributed by atoms with E-state index in [1.54, 1.807) is 13.8 Å². The van der Waals surface area contributed by atoms with Gasteiger partial charge in [-0.2, -0.15) is 5.10 Å². The molecule has 2 saturated carbocycles. The summed E-state index contributed by atoms with van der Waals surface area (Å²) >= 11 is 0. The minimum Gasteiger partial charge on any atom is -0.281 e. The van der Waals surface area contributed by atoms with E-state index >= 15 is 0 Å². The molecule has 2 aliphatic rings. The molecule has 18 heavy (non-hydrogen) atoms. The Kier molecular flexibility index (Phi) is 2.57. The number of nitrogens with zero attached hydrogens (tertiary/aromatic N) is 1. The van der Waals surface area contributed by atoms with Crippen LogP contribution in [0.5, 0.6) is 0 Å².